The van der Waals surface area contributed by atoms with Gasteiger partial charge >= 0.3 is 0 Å². The topological polar surface area (TPSA) is 78.4 Å². The van der Waals surface area contributed by atoms with Gasteiger partial charge in [0.2, 0.25) is 0 Å². The maximum absolute atomic E-state index is 10.4. The average molecular weight is 244 g/mol. The van der Waals surface area contributed by atoms with Crippen molar-refractivity contribution in [3.05, 3.63) is 35.9 Å². The fourth-order valence-electron chi connectivity index (χ4n) is 1.33. The molecular weight excluding hydrogens is 228 g/mol. The Kier molecular flexibility index (Phi) is 4.88. The minimum Gasteiger partial charge on any atom is -0.285 e. The second kappa shape index (κ2) is 5.95. The molecule has 5 nitrogen and oxygen atoms in total. The lowest BCUT2D eigenvalue weighted by atomic mass is 10.1. The molecule has 0 aliphatic carbocycles. The number of hydrazine groups is 1. The fraction of sp³-hybridized carbons (Fsp3) is 0.400. The molecule has 0 saturated heterocycles. The van der Waals surface area contributed by atoms with Gasteiger partial charge in [-0.05, 0) is 18.9 Å². The lowest BCUT2D eigenvalue weighted by Crippen LogP contribution is -2.42. The van der Waals surface area contributed by atoms with E-state index >= 15 is 0 Å². The molecule has 3 N–H and O–H groups in total. The molecule has 1 atom stereocenters. The molecule has 6 heteroatoms. The molecule has 0 saturated carbocycles. The van der Waals surface area contributed by atoms with E-state index in [-0.39, 0.29) is 6.04 Å². The highest BCUT2D eigenvalue weighted by Crippen LogP contribution is 2.01. The van der Waals surface area contributed by atoms with Crippen LogP contribution in [0, 0.1) is 0 Å². The Morgan fingerprint density at radius 3 is 2.50 bits per heavy atom. The molecule has 90 valence electrons. The van der Waals surface area contributed by atoms with E-state index in [0.29, 0.717) is 0 Å². The van der Waals surface area contributed by atoms with Crippen molar-refractivity contribution >= 4 is 10.1 Å². The van der Waals surface area contributed by atoms with Gasteiger partial charge in [0, 0.05) is 6.04 Å². The first kappa shape index (κ1) is 13.1. The van der Waals surface area contributed by atoms with Gasteiger partial charge in [0.05, 0.1) is 0 Å². The van der Waals surface area contributed by atoms with Crippen LogP contribution in [0.3, 0.4) is 0 Å². The van der Waals surface area contributed by atoms with Crippen LogP contribution < -0.4 is 10.9 Å². The monoisotopic (exact) mass is 244 g/mol. The lowest BCUT2D eigenvalue weighted by Gasteiger charge is -2.13. The highest BCUT2D eigenvalue weighted by atomic mass is 32.2. The molecule has 0 aromatic heterocycles. The van der Waals surface area contributed by atoms with Crippen LogP contribution in [0.4, 0.5) is 0 Å². The van der Waals surface area contributed by atoms with E-state index in [1.54, 1.807) is 0 Å². The molecular formula is C10H16N2O3S. The summed E-state index contributed by atoms with van der Waals surface area (Å²) in [7, 11) is -3.97. The molecule has 0 heterocycles. The van der Waals surface area contributed by atoms with Crippen molar-refractivity contribution in [1.82, 2.24) is 10.9 Å². The van der Waals surface area contributed by atoms with Gasteiger partial charge in [0.15, 0.2) is 0 Å². The zero-order chi connectivity index (χ0) is 12.0. The molecule has 0 spiro atoms. The molecule has 1 unspecified atom stereocenters. The summed E-state index contributed by atoms with van der Waals surface area (Å²) in [5, 5.41) is 0. The predicted octanol–water partition coefficient (Wildman–Crippen LogP) is 0.557. The minimum absolute atomic E-state index is 0.0733. The van der Waals surface area contributed by atoms with Crippen LogP contribution in [-0.4, -0.2) is 24.9 Å². The number of benzene rings is 1. The largest absolute Gasteiger partial charge is 0.285 e. The van der Waals surface area contributed by atoms with Crippen molar-refractivity contribution in [1.29, 1.82) is 0 Å². The number of hydrogen-bond donors (Lipinski definition) is 3. The third kappa shape index (κ3) is 5.82. The van der Waals surface area contributed by atoms with Crippen LogP contribution in [-0.2, 0) is 16.5 Å². The summed E-state index contributed by atoms with van der Waals surface area (Å²) in [6, 6.07) is 9.92. The quantitative estimate of drug-likeness (QED) is 0.503. The Labute approximate surface area is 95.6 Å². The van der Waals surface area contributed by atoms with E-state index < -0.39 is 16.0 Å². The van der Waals surface area contributed by atoms with Crippen molar-refractivity contribution in [3.63, 3.8) is 0 Å². The van der Waals surface area contributed by atoms with E-state index in [4.69, 9.17) is 4.55 Å². The molecule has 0 amide bonds. The smallest absolute Gasteiger partial charge is 0.279 e. The van der Waals surface area contributed by atoms with Gasteiger partial charge in [-0.2, -0.15) is 8.42 Å². The molecule has 0 fully saturated rings. The summed E-state index contributed by atoms with van der Waals surface area (Å²) < 4.78 is 29.3. The second-order valence-electron chi connectivity index (χ2n) is 3.64. The van der Waals surface area contributed by atoms with Crippen LogP contribution in [0.25, 0.3) is 0 Å². The zero-order valence-electron chi connectivity index (χ0n) is 9.05. The third-order valence-corrected chi connectivity index (χ3v) is 2.50. The van der Waals surface area contributed by atoms with Gasteiger partial charge in [-0.3, -0.25) is 9.98 Å². The lowest BCUT2D eigenvalue weighted by molar-refractivity contribution is 0.441. The van der Waals surface area contributed by atoms with Crippen LogP contribution in [0.1, 0.15) is 12.5 Å². The normalized spacial score (nSPS) is 13.6. The van der Waals surface area contributed by atoms with Crippen molar-refractivity contribution in [2.75, 3.05) is 5.88 Å². The molecule has 0 bridgehead atoms. The maximum Gasteiger partial charge on any atom is 0.279 e. The average Bonchev–Trinajstić information content (AvgIpc) is 2.17. The number of nitrogens with one attached hydrogen (secondary N) is 2. The number of rotatable bonds is 6. The molecule has 0 radical (unpaired) electrons. The van der Waals surface area contributed by atoms with Crippen molar-refractivity contribution in [2.45, 2.75) is 19.4 Å². The summed E-state index contributed by atoms with van der Waals surface area (Å²) in [5.41, 5.74) is 6.42. The molecule has 0 aliphatic heterocycles. The SMILES string of the molecule is CC(Cc1ccccc1)NNCS(=O)(=O)O. The minimum atomic E-state index is -3.97. The summed E-state index contributed by atoms with van der Waals surface area (Å²) in [5.74, 6) is -0.494. The Hall–Kier alpha value is -0.950. The number of hydrogen-bond acceptors (Lipinski definition) is 4. The fourth-order valence-corrected chi connectivity index (χ4v) is 1.59. The van der Waals surface area contributed by atoms with Gasteiger partial charge in [-0.1, -0.05) is 30.3 Å². The first-order valence-electron chi connectivity index (χ1n) is 4.95. The Bertz CT molecular complexity index is 405. The molecule has 0 aliphatic rings. The van der Waals surface area contributed by atoms with Crippen LogP contribution in [0.5, 0.6) is 0 Å². The van der Waals surface area contributed by atoms with Crippen molar-refractivity contribution in [2.24, 2.45) is 0 Å². The van der Waals surface area contributed by atoms with Gasteiger partial charge in [-0.15, -0.1) is 0 Å². The van der Waals surface area contributed by atoms with Crippen LogP contribution in [0.15, 0.2) is 30.3 Å². The van der Waals surface area contributed by atoms with E-state index in [1.165, 1.54) is 0 Å². The first-order valence-corrected chi connectivity index (χ1v) is 6.56. The Morgan fingerprint density at radius 2 is 1.94 bits per heavy atom. The predicted molar refractivity (Wildman–Crippen MR) is 62.3 cm³/mol. The maximum atomic E-state index is 10.4. The summed E-state index contributed by atoms with van der Waals surface area (Å²) in [4.78, 5) is 0. The highest BCUT2D eigenvalue weighted by molar-refractivity contribution is 7.85. The standard InChI is InChI=1S/C10H16N2O3S/c1-9(12-11-8-16(13,14)15)7-10-5-3-2-4-6-10/h2-6,9,11-12H,7-8H2,1H3,(H,13,14,15). The van der Waals surface area contributed by atoms with E-state index in [1.807, 2.05) is 37.3 Å². The van der Waals surface area contributed by atoms with Crippen molar-refractivity contribution < 1.29 is 13.0 Å². The summed E-state index contributed by atoms with van der Waals surface area (Å²) in [6.07, 6.45) is 0.777. The first-order chi connectivity index (χ1) is 7.47. The van der Waals surface area contributed by atoms with Gasteiger partial charge in [0.25, 0.3) is 10.1 Å². The van der Waals surface area contributed by atoms with Gasteiger partial charge < -0.3 is 0 Å². The van der Waals surface area contributed by atoms with E-state index in [0.717, 1.165) is 12.0 Å². The molecule has 16 heavy (non-hydrogen) atoms. The second-order valence-corrected chi connectivity index (χ2v) is 5.09. The Morgan fingerprint density at radius 1 is 1.31 bits per heavy atom. The molecule has 1 aromatic carbocycles. The summed E-state index contributed by atoms with van der Waals surface area (Å²) in [6.45, 7) is 1.92. The molecule has 1 rings (SSSR count). The van der Waals surface area contributed by atoms with E-state index in [9.17, 15) is 8.42 Å². The van der Waals surface area contributed by atoms with Crippen molar-refractivity contribution in [3.8, 4) is 0 Å². The third-order valence-electron chi connectivity index (χ3n) is 1.99. The van der Waals surface area contributed by atoms with Crippen LogP contribution >= 0.6 is 0 Å². The zero-order valence-corrected chi connectivity index (χ0v) is 9.87. The Balaban J connectivity index is 2.29. The van der Waals surface area contributed by atoms with Gasteiger partial charge in [0.1, 0.15) is 5.88 Å². The van der Waals surface area contributed by atoms with Gasteiger partial charge in [-0.25, -0.2) is 5.43 Å². The highest BCUT2D eigenvalue weighted by Gasteiger charge is 2.05. The summed E-state index contributed by atoms with van der Waals surface area (Å²) >= 11 is 0. The van der Waals surface area contributed by atoms with E-state index in [2.05, 4.69) is 10.9 Å². The van der Waals surface area contributed by atoms with Crippen LogP contribution in [0.2, 0.25) is 0 Å². The molecule has 1 aromatic rings.